The molecule has 2 aromatic heterocycles. The van der Waals surface area contributed by atoms with Gasteiger partial charge in [-0.3, -0.25) is 13.6 Å². The first-order chi connectivity index (χ1) is 16.6. The second-order valence-electron chi connectivity index (χ2n) is 8.58. The maximum Gasteiger partial charge on any atom is 0.475 e. The van der Waals surface area contributed by atoms with Gasteiger partial charge in [0.05, 0.1) is 24.7 Å². The minimum atomic E-state index is -4.17. The molecule has 0 spiro atoms. The number of fused-ring (bicyclic) bond motifs is 1. The van der Waals surface area contributed by atoms with Gasteiger partial charge in [0, 0.05) is 18.7 Å². The van der Waals surface area contributed by atoms with Crippen LogP contribution in [0.1, 0.15) is 31.2 Å². The number of benzene rings is 1. The average Bonchev–Trinajstić information content (AvgIpc) is 3.31. The fraction of sp³-hybridized carbons (Fsp3) is 0.429. The Balaban J connectivity index is 1.31. The number of aliphatic hydroxyl groups is 2. The van der Waals surface area contributed by atoms with E-state index in [4.69, 9.17) is 24.0 Å². The number of ether oxygens (including phenoxy) is 1. The number of hydrogen-bond acceptors (Lipinski definition) is 10. The summed E-state index contributed by atoms with van der Waals surface area (Å²) in [6.07, 6.45) is -1.55. The molecule has 188 valence electrons. The van der Waals surface area contributed by atoms with Crippen molar-refractivity contribution in [2.75, 3.05) is 18.9 Å². The van der Waals surface area contributed by atoms with Crippen molar-refractivity contribution in [2.24, 2.45) is 0 Å². The topological polar surface area (TPSA) is 151 Å². The molecule has 0 aliphatic carbocycles. The van der Waals surface area contributed by atoms with Crippen molar-refractivity contribution >= 4 is 24.7 Å². The zero-order valence-corrected chi connectivity index (χ0v) is 19.3. The lowest BCUT2D eigenvalue weighted by atomic mass is 9.96. The van der Waals surface area contributed by atoms with E-state index in [1.807, 2.05) is 0 Å². The molecule has 3 aromatic rings. The van der Waals surface area contributed by atoms with Gasteiger partial charge in [-0.05, 0) is 30.7 Å². The van der Waals surface area contributed by atoms with Crippen molar-refractivity contribution in [2.45, 2.75) is 43.5 Å². The van der Waals surface area contributed by atoms with Crippen LogP contribution in [0.5, 0.6) is 0 Å². The molecule has 35 heavy (non-hydrogen) atoms. The van der Waals surface area contributed by atoms with Crippen molar-refractivity contribution in [1.82, 2.24) is 14.5 Å². The van der Waals surface area contributed by atoms with Crippen LogP contribution in [-0.4, -0.2) is 55.8 Å². The van der Waals surface area contributed by atoms with Crippen LogP contribution in [-0.2, 0) is 22.9 Å². The minimum Gasteiger partial charge on any atom is -0.387 e. The van der Waals surface area contributed by atoms with Crippen molar-refractivity contribution < 1.29 is 41.9 Å². The molecule has 0 unspecified atom stereocenters. The molecule has 11 nitrogen and oxygen atoms in total. The van der Waals surface area contributed by atoms with E-state index in [1.165, 1.54) is 17.8 Å². The molecule has 0 radical (unpaired) electrons. The van der Waals surface area contributed by atoms with E-state index in [2.05, 4.69) is 9.97 Å². The van der Waals surface area contributed by atoms with Gasteiger partial charge in [0.1, 0.15) is 47.2 Å². The van der Waals surface area contributed by atoms with Gasteiger partial charge in [-0.2, -0.15) is 0 Å². The Hall–Kier alpha value is -2.51. The maximum absolute atomic E-state index is 13.6. The minimum absolute atomic E-state index is 0.0506. The highest BCUT2D eigenvalue weighted by Gasteiger charge is 2.54. The van der Waals surface area contributed by atoms with Gasteiger partial charge in [0.15, 0.2) is 6.23 Å². The fourth-order valence-corrected chi connectivity index (χ4v) is 5.68. The lowest BCUT2D eigenvalue weighted by Crippen LogP contribution is -2.44. The van der Waals surface area contributed by atoms with Gasteiger partial charge in [-0.25, -0.2) is 23.3 Å². The molecule has 2 saturated heterocycles. The van der Waals surface area contributed by atoms with Crippen molar-refractivity contribution in [1.29, 1.82) is 0 Å². The number of anilines is 1. The van der Waals surface area contributed by atoms with Crippen molar-refractivity contribution in [3.8, 4) is 0 Å². The number of phosphoric acid groups is 1. The first-order valence-corrected chi connectivity index (χ1v) is 12.2. The first-order valence-electron chi connectivity index (χ1n) is 10.7. The van der Waals surface area contributed by atoms with Crippen LogP contribution >= 0.6 is 7.82 Å². The third kappa shape index (κ3) is 4.45. The largest absolute Gasteiger partial charge is 0.475 e. The number of nitrogens with zero attached hydrogens (tertiary/aromatic N) is 3. The third-order valence-electron chi connectivity index (χ3n) is 6.09. The van der Waals surface area contributed by atoms with E-state index in [0.29, 0.717) is 17.1 Å². The molecule has 0 amide bonds. The monoisotopic (exact) mass is 512 g/mol. The molecule has 2 aliphatic rings. The third-order valence-corrected chi connectivity index (χ3v) is 7.56. The Labute approximate surface area is 198 Å². The van der Waals surface area contributed by atoms with Crippen LogP contribution in [0.25, 0.3) is 11.0 Å². The van der Waals surface area contributed by atoms with Gasteiger partial charge in [-0.1, -0.05) is 0 Å². The van der Waals surface area contributed by atoms with E-state index >= 15 is 0 Å². The highest BCUT2D eigenvalue weighted by Crippen LogP contribution is 2.57. The quantitative estimate of drug-likeness (QED) is 0.435. The summed E-state index contributed by atoms with van der Waals surface area (Å²) in [7, 11) is -4.17. The average molecular weight is 512 g/mol. The van der Waals surface area contributed by atoms with Gasteiger partial charge in [-0.15, -0.1) is 0 Å². The predicted octanol–water partition coefficient (Wildman–Crippen LogP) is 2.60. The Kier molecular flexibility index (Phi) is 6.12. The van der Waals surface area contributed by atoms with Crippen molar-refractivity contribution in [3.63, 3.8) is 0 Å². The molecule has 4 heterocycles. The summed E-state index contributed by atoms with van der Waals surface area (Å²) in [6, 6.07) is 4.52. The Morgan fingerprint density at radius 2 is 2.06 bits per heavy atom. The van der Waals surface area contributed by atoms with E-state index in [9.17, 15) is 23.6 Å². The van der Waals surface area contributed by atoms with Crippen LogP contribution in [0, 0.1) is 11.6 Å². The van der Waals surface area contributed by atoms with E-state index in [1.54, 1.807) is 12.3 Å². The second kappa shape index (κ2) is 8.86. The number of aliphatic hydroxyl groups excluding tert-OH is 1. The van der Waals surface area contributed by atoms with Gasteiger partial charge in [0.25, 0.3) is 0 Å². The molecule has 14 heteroatoms. The normalized spacial score (nSPS) is 33.4. The zero-order valence-electron chi connectivity index (χ0n) is 18.5. The highest BCUT2D eigenvalue weighted by atomic mass is 31.2. The van der Waals surface area contributed by atoms with Crippen LogP contribution in [0.3, 0.4) is 0 Å². The molecule has 2 fully saturated rings. The summed E-state index contributed by atoms with van der Waals surface area (Å²) >= 11 is 0. The SMILES string of the molecule is C[C@@]1(O)[C@H](O)[C@@H](CO[P@]2(=O)OCC[C@H](c3cc(F)cc(F)c3)O2)O[C@H]1n1ccc2c(N)ncnc21. The number of nitrogens with two attached hydrogens (primary N) is 1. The van der Waals surface area contributed by atoms with Gasteiger partial charge >= 0.3 is 7.82 Å². The van der Waals surface area contributed by atoms with Crippen LogP contribution in [0.2, 0.25) is 0 Å². The Morgan fingerprint density at radius 1 is 1.31 bits per heavy atom. The number of halogens is 2. The highest BCUT2D eigenvalue weighted by molar-refractivity contribution is 7.48. The smallest absolute Gasteiger partial charge is 0.387 e. The number of aromatic nitrogens is 3. The van der Waals surface area contributed by atoms with E-state index in [0.717, 1.165) is 12.1 Å². The number of nitrogen functional groups attached to an aromatic ring is 1. The van der Waals surface area contributed by atoms with Gasteiger partial charge in [0.2, 0.25) is 0 Å². The van der Waals surface area contributed by atoms with E-state index in [-0.39, 0.29) is 24.4 Å². The first kappa shape index (κ1) is 24.2. The lowest BCUT2D eigenvalue weighted by molar-refractivity contribution is -0.0950. The number of phosphoric ester groups is 1. The second-order valence-corrected chi connectivity index (χ2v) is 10.2. The molecular weight excluding hydrogens is 489 g/mol. The van der Waals surface area contributed by atoms with E-state index < -0.39 is 56.2 Å². The summed E-state index contributed by atoms with van der Waals surface area (Å²) in [5.41, 5.74) is 4.61. The maximum atomic E-state index is 13.6. The number of hydrogen-bond donors (Lipinski definition) is 3. The van der Waals surface area contributed by atoms with Crippen molar-refractivity contribution in [3.05, 3.63) is 54.0 Å². The number of rotatable bonds is 5. The molecule has 4 N–H and O–H groups in total. The molecule has 6 atom stereocenters. The molecule has 0 bridgehead atoms. The predicted molar refractivity (Wildman–Crippen MR) is 117 cm³/mol. The summed E-state index contributed by atoms with van der Waals surface area (Å²) in [6.45, 7) is 0.861. The standard InChI is InChI=1S/C21H23F2N4O7P/c1-21(29)17(28)16(33-20(21)27-4-2-14-18(24)25-10-26-19(14)27)9-32-35(30)31-5-3-15(34-35)11-6-12(22)8-13(23)7-11/h2,4,6-8,10,15-17,20,28-29H,3,5,9H2,1H3,(H2,24,25,26)/t15-,16-,17-,20-,21-,35+/m1/s1. The summed E-state index contributed by atoms with van der Waals surface area (Å²) in [4.78, 5) is 8.09. The molecular formula is C21H23F2N4O7P. The summed E-state index contributed by atoms with van der Waals surface area (Å²) < 4.78 is 63.6. The van der Waals surface area contributed by atoms with Gasteiger partial charge < -0.3 is 25.3 Å². The molecule has 5 rings (SSSR count). The summed E-state index contributed by atoms with van der Waals surface area (Å²) in [5, 5.41) is 22.3. The lowest BCUT2D eigenvalue weighted by Gasteiger charge is -2.30. The molecule has 1 aromatic carbocycles. The Bertz CT molecular complexity index is 1290. The van der Waals surface area contributed by atoms with Crippen LogP contribution < -0.4 is 5.73 Å². The zero-order chi connectivity index (χ0) is 25.0. The molecule has 2 aliphatic heterocycles. The summed E-state index contributed by atoms with van der Waals surface area (Å²) in [5.74, 6) is -1.36. The fourth-order valence-electron chi connectivity index (χ4n) is 4.29. The van der Waals surface area contributed by atoms with Crippen LogP contribution in [0.15, 0.2) is 36.8 Å². The molecule has 0 saturated carbocycles. The van der Waals surface area contributed by atoms with Crippen LogP contribution in [0.4, 0.5) is 14.6 Å². The Morgan fingerprint density at radius 3 is 2.80 bits per heavy atom.